The van der Waals surface area contributed by atoms with Crippen LogP contribution in [0.25, 0.3) is 0 Å². The fourth-order valence-electron chi connectivity index (χ4n) is 1.89. The average Bonchev–Trinajstić information content (AvgIpc) is 2.87. The Morgan fingerprint density at radius 3 is 2.41 bits per heavy atom. The first kappa shape index (κ1) is 14.0. The average molecular weight is 242 g/mol. The summed E-state index contributed by atoms with van der Waals surface area (Å²) in [5, 5.41) is 3.08. The first-order valence-electron chi connectivity index (χ1n) is 6.15. The van der Waals surface area contributed by atoms with Crippen molar-refractivity contribution in [2.45, 2.75) is 32.7 Å². The molecule has 0 radical (unpaired) electrons. The second-order valence-electron chi connectivity index (χ2n) is 4.57. The van der Waals surface area contributed by atoms with Gasteiger partial charge in [0.1, 0.15) is 0 Å². The van der Waals surface area contributed by atoms with Gasteiger partial charge in [-0.1, -0.05) is 6.92 Å². The molecule has 1 fully saturated rings. The van der Waals surface area contributed by atoms with Crippen molar-refractivity contribution >= 4 is 11.9 Å². The Labute approximate surface area is 102 Å². The molecule has 0 aromatic rings. The minimum atomic E-state index is -0.251. The highest BCUT2D eigenvalue weighted by atomic mass is 16.5. The molecule has 5 heteroatoms. The normalized spacial score (nSPS) is 18.9. The van der Waals surface area contributed by atoms with Crippen LogP contribution in [0.2, 0.25) is 0 Å². The number of nitrogens with one attached hydrogen (secondary N) is 1. The number of amides is 1. The van der Waals surface area contributed by atoms with Gasteiger partial charge >= 0.3 is 5.97 Å². The quantitative estimate of drug-likeness (QED) is 0.709. The molecule has 5 nitrogen and oxygen atoms in total. The lowest BCUT2D eigenvalue weighted by Gasteiger charge is -2.21. The Hall–Kier alpha value is -1.10. The van der Waals surface area contributed by atoms with E-state index in [-0.39, 0.29) is 23.8 Å². The Kier molecular flexibility index (Phi) is 5.41. The van der Waals surface area contributed by atoms with Crippen LogP contribution in [0.5, 0.6) is 0 Å². The van der Waals surface area contributed by atoms with Gasteiger partial charge in [0, 0.05) is 19.1 Å². The topological polar surface area (TPSA) is 58.6 Å². The molecule has 98 valence electrons. The molecular formula is C12H22N2O3. The molecule has 0 saturated carbocycles. The summed E-state index contributed by atoms with van der Waals surface area (Å²) in [6, 6.07) is -0.0611. The molecule has 0 spiro atoms. The van der Waals surface area contributed by atoms with E-state index >= 15 is 0 Å². The largest absolute Gasteiger partial charge is 0.469 e. The van der Waals surface area contributed by atoms with Crippen molar-refractivity contribution in [3.8, 4) is 0 Å². The van der Waals surface area contributed by atoms with Gasteiger partial charge in [-0.25, -0.2) is 0 Å². The van der Waals surface area contributed by atoms with Gasteiger partial charge in [-0.05, 0) is 19.8 Å². The lowest BCUT2D eigenvalue weighted by molar-refractivity contribution is -0.146. The molecule has 1 heterocycles. The first-order chi connectivity index (χ1) is 8.06. The Morgan fingerprint density at radius 1 is 1.29 bits per heavy atom. The molecule has 17 heavy (non-hydrogen) atoms. The number of carbonyl (C=O) groups excluding carboxylic acids is 2. The van der Waals surface area contributed by atoms with E-state index in [1.807, 2.05) is 11.8 Å². The predicted molar refractivity (Wildman–Crippen MR) is 64.5 cm³/mol. The zero-order chi connectivity index (χ0) is 12.8. The summed E-state index contributed by atoms with van der Waals surface area (Å²) in [7, 11) is 1.38. The molecule has 1 rings (SSSR count). The maximum atomic E-state index is 11.8. The highest BCUT2D eigenvalue weighted by molar-refractivity contribution is 5.78. The lowest BCUT2D eigenvalue weighted by Crippen LogP contribution is -2.43. The smallest absolute Gasteiger partial charge is 0.309 e. The maximum Gasteiger partial charge on any atom is 0.309 e. The summed E-state index contributed by atoms with van der Waals surface area (Å²) >= 11 is 0. The van der Waals surface area contributed by atoms with E-state index in [9.17, 15) is 9.59 Å². The molecule has 2 unspecified atom stereocenters. The number of carbonyl (C=O) groups is 2. The van der Waals surface area contributed by atoms with Crippen molar-refractivity contribution in [3.05, 3.63) is 0 Å². The molecule has 1 aliphatic heterocycles. The second-order valence-corrected chi connectivity index (χ2v) is 4.57. The molecule has 0 aromatic carbocycles. The fraction of sp³-hybridized carbons (Fsp3) is 0.833. The van der Waals surface area contributed by atoms with Gasteiger partial charge in [0.05, 0.1) is 19.6 Å². The van der Waals surface area contributed by atoms with Crippen LogP contribution in [0, 0.1) is 5.92 Å². The first-order valence-corrected chi connectivity index (χ1v) is 6.15. The number of likely N-dealkylation sites (tertiary alicyclic amines) is 1. The maximum absolute atomic E-state index is 11.8. The lowest BCUT2D eigenvalue weighted by atomic mass is 10.0. The number of hydrogen-bond acceptors (Lipinski definition) is 4. The predicted octanol–water partition coefficient (Wildman–Crippen LogP) is 0.396. The monoisotopic (exact) mass is 242 g/mol. The van der Waals surface area contributed by atoms with E-state index in [0.29, 0.717) is 6.54 Å². The summed E-state index contributed by atoms with van der Waals surface area (Å²) < 4.78 is 4.67. The fourth-order valence-corrected chi connectivity index (χ4v) is 1.89. The van der Waals surface area contributed by atoms with Gasteiger partial charge in [0.2, 0.25) is 5.91 Å². The molecule has 1 amide bonds. The third-order valence-corrected chi connectivity index (χ3v) is 3.36. The van der Waals surface area contributed by atoms with Gasteiger partial charge in [-0.3, -0.25) is 9.59 Å². The Balaban J connectivity index is 2.29. The Morgan fingerprint density at radius 2 is 1.88 bits per heavy atom. The molecule has 2 atom stereocenters. The Bertz CT molecular complexity index is 275. The minimum Gasteiger partial charge on any atom is -0.469 e. The van der Waals surface area contributed by atoms with E-state index in [4.69, 9.17) is 0 Å². The van der Waals surface area contributed by atoms with E-state index in [0.717, 1.165) is 25.9 Å². The van der Waals surface area contributed by atoms with Crippen molar-refractivity contribution in [3.63, 3.8) is 0 Å². The van der Waals surface area contributed by atoms with Crippen molar-refractivity contribution in [1.82, 2.24) is 10.2 Å². The van der Waals surface area contributed by atoms with E-state index in [1.165, 1.54) is 7.11 Å². The number of nitrogens with zero attached hydrogens (tertiary/aromatic N) is 1. The summed E-state index contributed by atoms with van der Waals surface area (Å²) in [5.41, 5.74) is 0. The van der Waals surface area contributed by atoms with Gasteiger partial charge in [0.15, 0.2) is 0 Å². The zero-order valence-electron chi connectivity index (χ0n) is 10.9. The van der Waals surface area contributed by atoms with Crippen LogP contribution in [-0.2, 0) is 14.3 Å². The molecule has 0 aromatic heterocycles. The molecule has 0 bridgehead atoms. The van der Waals surface area contributed by atoms with Gasteiger partial charge in [-0.2, -0.15) is 0 Å². The molecule has 1 N–H and O–H groups in total. The van der Waals surface area contributed by atoms with E-state index in [1.54, 1.807) is 6.92 Å². The van der Waals surface area contributed by atoms with Crippen LogP contribution in [0.1, 0.15) is 26.7 Å². The highest BCUT2D eigenvalue weighted by Crippen LogP contribution is 2.08. The summed E-state index contributed by atoms with van der Waals surface area (Å²) in [4.78, 5) is 24.9. The molecule has 1 aliphatic rings. The van der Waals surface area contributed by atoms with Crippen molar-refractivity contribution in [1.29, 1.82) is 0 Å². The minimum absolute atomic E-state index is 0.0611. The second kappa shape index (κ2) is 6.59. The number of esters is 1. The van der Waals surface area contributed by atoms with Crippen LogP contribution in [-0.4, -0.2) is 49.6 Å². The third-order valence-electron chi connectivity index (χ3n) is 3.36. The van der Waals surface area contributed by atoms with Gasteiger partial charge in [-0.15, -0.1) is 0 Å². The summed E-state index contributed by atoms with van der Waals surface area (Å²) in [6.07, 6.45) is 2.19. The summed E-state index contributed by atoms with van der Waals surface area (Å²) in [6.45, 7) is 5.70. The number of hydrogen-bond donors (Lipinski definition) is 1. The van der Waals surface area contributed by atoms with Crippen LogP contribution < -0.4 is 5.32 Å². The van der Waals surface area contributed by atoms with Crippen molar-refractivity contribution < 1.29 is 14.3 Å². The number of ether oxygens (including phenoxy) is 1. The van der Waals surface area contributed by atoms with E-state index < -0.39 is 0 Å². The van der Waals surface area contributed by atoms with Crippen molar-refractivity contribution in [2.24, 2.45) is 5.92 Å². The third kappa shape index (κ3) is 4.00. The van der Waals surface area contributed by atoms with Gasteiger partial charge in [0.25, 0.3) is 0 Å². The highest BCUT2D eigenvalue weighted by Gasteiger charge is 2.23. The van der Waals surface area contributed by atoms with Crippen LogP contribution in [0.3, 0.4) is 0 Å². The number of rotatable bonds is 5. The molecular weight excluding hydrogens is 220 g/mol. The molecule has 1 saturated heterocycles. The number of methoxy groups -OCH3 is 1. The van der Waals surface area contributed by atoms with Crippen LogP contribution in [0.4, 0.5) is 0 Å². The van der Waals surface area contributed by atoms with Gasteiger partial charge < -0.3 is 15.0 Å². The van der Waals surface area contributed by atoms with Crippen LogP contribution in [0.15, 0.2) is 0 Å². The van der Waals surface area contributed by atoms with Crippen LogP contribution >= 0.6 is 0 Å². The SMILES string of the molecule is COC(=O)C(C)C(C)NCC(=O)N1CCCC1. The van der Waals surface area contributed by atoms with Crippen molar-refractivity contribution in [2.75, 3.05) is 26.7 Å². The molecule has 0 aliphatic carbocycles. The standard InChI is InChI=1S/C12H22N2O3/c1-9(12(16)17-3)10(2)13-8-11(15)14-6-4-5-7-14/h9-10,13H,4-8H2,1-3H3. The van der Waals surface area contributed by atoms with E-state index in [2.05, 4.69) is 10.1 Å². The zero-order valence-corrected chi connectivity index (χ0v) is 10.9. The summed E-state index contributed by atoms with van der Waals surface area (Å²) in [5.74, 6) is -0.378.